The van der Waals surface area contributed by atoms with Crippen molar-refractivity contribution in [3.8, 4) is 0 Å². The number of amides is 1. The number of hydrogen-bond donors (Lipinski definition) is 1. The van der Waals surface area contributed by atoms with E-state index in [4.69, 9.17) is 0 Å². The molecule has 0 aliphatic heterocycles. The average Bonchev–Trinajstić information content (AvgIpc) is 2.34. The zero-order valence-corrected chi connectivity index (χ0v) is 9.75. The molecule has 0 aromatic heterocycles. The van der Waals surface area contributed by atoms with Gasteiger partial charge in [0.2, 0.25) is 5.91 Å². The van der Waals surface area contributed by atoms with Gasteiger partial charge < -0.3 is 5.32 Å². The molecule has 0 atom stereocenters. The SMILES string of the molecule is CC(=O)NCC=Cc1ccc(C=O)cc1[N+](=O)[O-]. The number of benzene rings is 1. The summed E-state index contributed by atoms with van der Waals surface area (Å²) >= 11 is 0. The van der Waals surface area contributed by atoms with Gasteiger partial charge in [0, 0.05) is 25.1 Å². The van der Waals surface area contributed by atoms with E-state index < -0.39 is 4.92 Å². The fourth-order valence-electron chi connectivity index (χ4n) is 1.32. The molecule has 0 heterocycles. The van der Waals surface area contributed by atoms with Crippen LogP contribution in [0.15, 0.2) is 24.3 Å². The summed E-state index contributed by atoms with van der Waals surface area (Å²) in [5.74, 6) is -0.176. The fourth-order valence-corrected chi connectivity index (χ4v) is 1.32. The first-order valence-electron chi connectivity index (χ1n) is 5.19. The summed E-state index contributed by atoms with van der Waals surface area (Å²) in [7, 11) is 0. The molecule has 1 N–H and O–H groups in total. The summed E-state index contributed by atoms with van der Waals surface area (Å²) in [5, 5.41) is 13.4. The Morgan fingerprint density at radius 1 is 1.50 bits per heavy atom. The molecule has 6 heteroatoms. The lowest BCUT2D eigenvalue weighted by atomic mass is 10.1. The Bertz CT molecular complexity index is 509. The van der Waals surface area contributed by atoms with Crippen LogP contribution < -0.4 is 5.32 Å². The van der Waals surface area contributed by atoms with Crippen LogP contribution in [0.1, 0.15) is 22.8 Å². The number of rotatable bonds is 5. The van der Waals surface area contributed by atoms with E-state index in [1.54, 1.807) is 6.08 Å². The standard InChI is InChI=1S/C12H12N2O4/c1-9(16)13-6-2-3-11-5-4-10(8-15)7-12(11)14(17)18/h2-5,7-8H,6H2,1H3,(H,13,16). The van der Waals surface area contributed by atoms with E-state index in [9.17, 15) is 19.7 Å². The molecule has 0 fully saturated rings. The van der Waals surface area contributed by atoms with Gasteiger partial charge in [-0.15, -0.1) is 0 Å². The Labute approximate surface area is 103 Å². The lowest BCUT2D eigenvalue weighted by molar-refractivity contribution is -0.385. The zero-order chi connectivity index (χ0) is 13.5. The van der Waals surface area contributed by atoms with E-state index in [-0.39, 0.29) is 17.2 Å². The van der Waals surface area contributed by atoms with Gasteiger partial charge in [-0.25, -0.2) is 0 Å². The minimum absolute atomic E-state index is 0.140. The largest absolute Gasteiger partial charge is 0.353 e. The maximum Gasteiger partial charge on any atom is 0.277 e. The third-order valence-corrected chi connectivity index (χ3v) is 2.15. The van der Waals surface area contributed by atoms with Gasteiger partial charge in [-0.3, -0.25) is 19.7 Å². The zero-order valence-electron chi connectivity index (χ0n) is 9.75. The number of carbonyl (C=O) groups excluding carboxylic acids is 2. The van der Waals surface area contributed by atoms with Crippen LogP contribution in [0.25, 0.3) is 6.08 Å². The van der Waals surface area contributed by atoms with Crippen LogP contribution in [-0.4, -0.2) is 23.7 Å². The third kappa shape index (κ3) is 3.82. The highest BCUT2D eigenvalue weighted by Gasteiger charge is 2.11. The molecule has 0 aliphatic carbocycles. The second-order valence-electron chi connectivity index (χ2n) is 3.53. The van der Waals surface area contributed by atoms with Crippen LogP contribution in [0, 0.1) is 10.1 Å². The highest BCUT2D eigenvalue weighted by atomic mass is 16.6. The van der Waals surface area contributed by atoms with Gasteiger partial charge in [-0.05, 0) is 6.07 Å². The molecule has 1 rings (SSSR count). The van der Waals surface area contributed by atoms with Gasteiger partial charge >= 0.3 is 0 Å². The predicted octanol–water partition coefficient (Wildman–Crippen LogP) is 1.56. The van der Waals surface area contributed by atoms with Crippen molar-refractivity contribution in [2.75, 3.05) is 6.54 Å². The molecule has 1 aromatic rings. The highest BCUT2D eigenvalue weighted by Crippen LogP contribution is 2.20. The van der Waals surface area contributed by atoms with Gasteiger partial charge in [0.05, 0.1) is 10.5 Å². The summed E-state index contributed by atoms with van der Waals surface area (Å²) in [4.78, 5) is 31.4. The van der Waals surface area contributed by atoms with Gasteiger partial charge in [0.1, 0.15) is 6.29 Å². The van der Waals surface area contributed by atoms with Crippen molar-refractivity contribution in [3.05, 3.63) is 45.5 Å². The van der Waals surface area contributed by atoms with Crippen LogP contribution in [0.2, 0.25) is 0 Å². The first kappa shape index (κ1) is 13.6. The summed E-state index contributed by atoms with van der Waals surface area (Å²) < 4.78 is 0. The first-order chi connectivity index (χ1) is 8.54. The Balaban J connectivity index is 2.91. The van der Waals surface area contributed by atoms with Crippen LogP contribution in [0.5, 0.6) is 0 Å². The molecule has 1 aromatic carbocycles. The van der Waals surface area contributed by atoms with Crippen molar-refractivity contribution in [1.29, 1.82) is 0 Å². The van der Waals surface area contributed by atoms with Crippen molar-refractivity contribution < 1.29 is 14.5 Å². The maximum atomic E-state index is 10.8. The van der Waals surface area contributed by atoms with Gasteiger partial charge in [-0.2, -0.15) is 0 Å². The van der Waals surface area contributed by atoms with Gasteiger partial charge in [-0.1, -0.05) is 18.2 Å². The lowest BCUT2D eigenvalue weighted by Gasteiger charge is -1.99. The van der Waals surface area contributed by atoms with Crippen molar-refractivity contribution in [1.82, 2.24) is 5.32 Å². The van der Waals surface area contributed by atoms with E-state index in [2.05, 4.69) is 5.32 Å². The number of carbonyl (C=O) groups is 2. The number of nitro benzene ring substituents is 1. The van der Waals surface area contributed by atoms with Crippen molar-refractivity contribution in [2.45, 2.75) is 6.92 Å². The second-order valence-corrected chi connectivity index (χ2v) is 3.53. The molecule has 0 radical (unpaired) electrons. The molecule has 0 aliphatic rings. The summed E-state index contributed by atoms with van der Waals surface area (Å²) in [6.45, 7) is 1.68. The van der Waals surface area contributed by atoms with Crippen molar-refractivity contribution >= 4 is 24.0 Å². The number of nitrogens with one attached hydrogen (secondary N) is 1. The third-order valence-electron chi connectivity index (χ3n) is 2.15. The van der Waals surface area contributed by atoms with E-state index >= 15 is 0 Å². The number of aldehydes is 1. The van der Waals surface area contributed by atoms with Crippen LogP contribution >= 0.6 is 0 Å². The average molecular weight is 248 g/mol. The molecule has 0 bridgehead atoms. The topological polar surface area (TPSA) is 89.3 Å². The first-order valence-corrected chi connectivity index (χ1v) is 5.19. The molecule has 0 saturated carbocycles. The Kier molecular flexibility index (Phi) is 4.74. The molecule has 6 nitrogen and oxygen atoms in total. The number of nitro groups is 1. The number of nitrogens with zero attached hydrogens (tertiary/aromatic N) is 1. The molecule has 0 unspecified atom stereocenters. The number of hydrogen-bond acceptors (Lipinski definition) is 4. The van der Waals surface area contributed by atoms with Crippen LogP contribution in [0.3, 0.4) is 0 Å². The predicted molar refractivity (Wildman–Crippen MR) is 66.2 cm³/mol. The molecule has 94 valence electrons. The summed E-state index contributed by atoms with van der Waals surface area (Å²) in [6.07, 6.45) is 3.69. The minimum atomic E-state index is -0.551. The van der Waals surface area contributed by atoms with E-state index in [0.29, 0.717) is 18.4 Å². The second kappa shape index (κ2) is 6.29. The molecule has 1 amide bonds. The quantitative estimate of drug-likeness (QED) is 0.486. The molecular weight excluding hydrogens is 236 g/mol. The Hall–Kier alpha value is -2.50. The van der Waals surface area contributed by atoms with E-state index in [0.717, 1.165) is 0 Å². The fraction of sp³-hybridized carbons (Fsp3) is 0.167. The van der Waals surface area contributed by atoms with Crippen molar-refractivity contribution in [2.24, 2.45) is 0 Å². The smallest absolute Gasteiger partial charge is 0.277 e. The molecule has 18 heavy (non-hydrogen) atoms. The van der Waals surface area contributed by atoms with Crippen molar-refractivity contribution in [3.63, 3.8) is 0 Å². The Morgan fingerprint density at radius 3 is 2.78 bits per heavy atom. The van der Waals surface area contributed by atoms with E-state index in [1.165, 1.54) is 31.2 Å². The van der Waals surface area contributed by atoms with Gasteiger partial charge in [0.25, 0.3) is 5.69 Å². The van der Waals surface area contributed by atoms with Crippen LogP contribution in [-0.2, 0) is 4.79 Å². The summed E-state index contributed by atoms with van der Waals surface area (Å²) in [5.41, 5.74) is 0.496. The van der Waals surface area contributed by atoms with Crippen LogP contribution in [0.4, 0.5) is 5.69 Å². The molecule has 0 saturated heterocycles. The van der Waals surface area contributed by atoms with E-state index in [1.807, 2.05) is 0 Å². The normalized spacial score (nSPS) is 10.3. The highest BCUT2D eigenvalue weighted by molar-refractivity contribution is 5.78. The maximum absolute atomic E-state index is 10.8. The lowest BCUT2D eigenvalue weighted by Crippen LogP contribution is -2.19. The summed E-state index contributed by atoms with van der Waals surface area (Å²) in [6, 6.07) is 4.20. The Morgan fingerprint density at radius 2 is 2.22 bits per heavy atom. The molecule has 0 spiro atoms. The monoisotopic (exact) mass is 248 g/mol. The molecular formula is C12H12N2O4. The van der Waals surface area contributed by atoms with Gasteiger partial charge in [0.15, 0.2) is 0 Å². The minimum Gasteiger partial charge on any atom is -0.353 e.